The van der Waals surface area contributed by atoms with E-state index in [1.807, 2.05) is 58.0 Å². The highest BCUT2D eigenvalue weighted by Gasteiger charge is 2.34. The van der Waals surface area contributed by atoms with Gasteiger partial charge in [-0.25, -0.2) is 32.8 Å². The molecule has 4 aromatic heterocycles. The number of fused-ring (bicyclic) bond motifs is 5. The number of piperazine rings is 1. The summed E-state index contributed by atoms with van der Waals surface area (Å²) in [6.45, 7) is 15.1. The number of aromatic amines is 1. The summed E-state index contributed by atoms with van der Waals surface area (Å²) in [5, 5.41) is 41.0. The highest BCUT2D eigenvalue weighted by Crippen LogP contribution is 2.41. The number of nitrogens with zero attached hydrogens (tertiary/aromatic N) is 8. The molecule has 7 heterocycles. The van der Waals surface area contributed by atoms with Crippen LogP contribution in [-0.4, -0.2) is 110 Å². The molecule has 10 rings (SSSR count). The van der Waals surface area contributed by atoms with Gasteiger partial charge in [0.2, 0.25) is 0 Å². The number of H-pyrrole nitrogens is 1. The molecule has 0 radical (unpaired) electrons. The summed E-state index contributed by atoms with van der Waals surface area (Å²) in [6.07, 6.45) is 5.92. The number of hydrogen-bond acceptors (Lipinski definition) is 14. The van der Waals surface area contributed by atoms with Gasteiger partial charge in [0.1, 0.15) is 23.9 Å². The summed E-state index contributed by atoms with van der Waals surface area (Å²) in [5.41, 5.74) is 5.11. The highest BCUT2D eigenvalue weighted by atomic mass is 32.2. The molecular formula is C54H61N9O9S. The van der Waals surface area contributed by atoms with Crippen molar-refractivity contribution in [3.8, 4) is 45.7 Å². The minimum Gasteiger partial charge on any atom is -0.508 e. The number of carbonyl (C=O) groups excluding carboxylic acids is 2. The molecule has 7 aromatic rings. The van der Waals surface area contributed by atoms with Crippen LogP contribution in [0.2, 0.25) is 0 Å². The van der Waals surface area contributed by atoms with Gasteiger partial charge in [0.25, 0.3) is 12.0 Å². The third-order valence-electron chi connectivity index (χ3n) is 15.0. The lowest BCUT2D eigenvalue weighted by molar-refractivity contribution is -0.129. The predicted octanol–water partition coefficient (Wildman–Crippen LogP) is 7.79. The van der Waals surface area contributed by atoms with Gasteiger partial charge in [-0.05, 0) is 122 Å². The van der Waals surface area contributed by atoms with Gasteiger partial charge in [0.15, 0.2) is 5.82 Å². The molecule has 2 fully saturated rings. The summed E-state index contributed by atoms with van der Waals surface area (Å²) >= 11 is 1.77. The standard InChI is InChI=1S/C54H61N9O9S/c1-6-37-39-25-36(9-10-44(39)55-49-41(37)29-62-46(49)27-43(54(5,70)7-2)42(51(62)67)30-71-31-64)72-53(69)59-20-22-61(23-21-59)73-60-18-13-33(14-19-60)12-16-58-17-15-34-24-35(8-11-45(34)58)63-50(56-57-52(63)68)40-26-38(32(3)4)47(65)28-48(40)66/h8-11,15,17,24-28,31-33,65-66,70H,6-7,12-14,16,18-23,29-30H2,1-5H3,(H,57,68). The van der Waals surface area contributed by atoms with E-state index >= 15 is 0 Å². The van der Waals surface area contributed by atoms with Crippen molar-refractivity contribution in [1.82, 2.24) is 42.4 Å². The first-order chi connectivity index (χ1) is 35.2. The predicted molar refractivity (Wildman–Crippen MR) is 279 cm³/mol. The molecule has 0 bridgehead atoms. The Hall–Kier alpha value is -6.93. The molecular weight excluding hydrogens is 951 g/mol. The van der Waals surface area contributed by atoms with Gasteiger partial charge in [-0.15, -0.1) is 0 Å². The van der Waals surface area contributed by atoms with Crippen molar-refractivity contribution in [1.29, 1.82) is 0 Å². The van der Waals surface area contributed by atoms with Crippen LogP contribution in [0.4, 0.5) is 4.79 Å². The van der Waals surface area contributed by atoms with Crippen molar-refractivity contribution in [2.24, 2.45) is 5.92 Å². The lowest BCUT2D eigenvalue weighted by Crippen LogP contribution is -2.48. The maximum Gasteiger partial charge on any atom is 0.415 e. The number of hydrogen-bond donors (Lipinski definition) is 4. The summed E-state index contributed by atoms with van der Waals surface area (Å²) < 4.78 is 21.1. The number of aryl methyl sites for hydroxylation is 2. The SMILES string of the molecule is CCc1c2c(nc3ccc(OC(=O)N4CCN(SN5CCC(CCn6ccc7cc(-n8c(-c9cc(C(C)C)c(O)cc9O)n[nH]c8=O)ccc76)CC5)CC4)cc13)-c1cc(C(C)(O)CC)c(COC=O)c(=O)n1C2. The summed E-state index contributed by atoms with van der Waals surface area (Å²) in [4.78, 5) is 58.4. The first kappa shape index (κ1) is 49.6. The van der Waals surface area contributed by atoms with Gasteiger partial charge in [-0.2, -0.15) is 5.10 Å². The zero-order valence-electron chi connectivity index (χ0n) is 41.8. The normalized spacial score (nSPS) is 16.3. The molecule has 19 heteroatoms. The Balaban J connectivity index is 0.716. The Bertz CT molecular complexity index is 3380. The van der Waals surface area contributed by atoms with Gasteiger partial charge in [-0.3, -0.25) is 9.59 Å². The maximum atomic E-state index is 13.9. The molecule has 2 saturated heterocycles. The molecule has 0 aliphatic carbocycles. The molecule has 1 atom stereocenters. The topological polar surface area (TPSA) is 214 Å². The fourth-order valence-corrected chi connectivity index (χ4v) is 11.7. The minimum atomic E-state index is -1.32. The number of carbonyl (C=O) groups is 2. The van der Waals surface area contributed by atoms with Crippen LogP contribution < -0.4 is 16.0 Å². The minimum absolute atomic E-state index is 0.00563. The van der Waals surface area contributed by atoms with Gasteiger partial charge in [0.05, 0.1) is 45.9 Å². The van der Waals surface area contributed by atoms with E-state index < -0.39 is 17.4 Å². The maximum absolute atomic E-state index is 13.9. The molecule has 1 unspecified atom stereocenters. The van der Waals surface area contributed by atoms with E-state index in [2.05, 4.69) is 35.6 Å². The lowest BCUT2D eigenvalue weighted by atomic mass is 9.89. The fraction of sp³-hybridized carbons (Fsp3) is 0.407. The van der Waals surface area contributed by atoms with E-state index in [9.17, 15) is 34.5 Å². The molecule has 3 aromatic carbocycles. The molecule has 1 amide bonds. The molecule has 18 nitrogen and oxygen atoms in total. The van der Waals surface area contributed by atoms with E-state index in [4.69, 9.17) is 14.5 Å². The molecule has 382 valence electrons. The Labute approximate surface area is 426 Å². The Morgan fingerprint density at radius 2 is 1.71 bits per heavy atom. The van der Waals surface area contributed by atoms with Crippen LogP contribution in [0.5, 0.6) is 17.2 Å². The number of pyridine rings is 2. The molecule has 3 aliphatic rings. The van der Waals surface area contributed by atoms with Gasteiger partial charge < -0.3 is 38.8 Å². The van der Waals surface area contributed by atoms with E-state index in [1.165, 1.54) is 10.6 Å². The second kappa shape index (κ2) is 20.2. The van der Waals surface area contributed by atoms with Crippen LogP contribution >= 0.6 is 12.1 Å². The average molecular weight is 1010 g/mol. The van der Waals surface area contributed by atoms with Crippen LogP contribution in [0.3, 0.4) is 0 Å². The monoisotopic (exact) mass is 1010 g/mol. The first-order valence-electron chi connectivity index (χ1n) is 25.1. The zero-order chi connectivity index (χ0) is 51.3. The number of rotatable bonds is 15. The summed E-state index contributed by atoms with van der Waals surface area (Å²) in [5.74, 6) is 1.09. The van der Waals surface area contributed by atoms with Gasteiger partial charge in [0, 0.05) is 92.1 Å². The average Bonchev–Trinajstić information content (AvgIpc) is 4.09. The van der Waals surface area contributed by atoms with Crippen LogP contribution in [0.25, 0.3) is 50.3 Å². The van der Waals surface area contributed by atoms with Crippen LogP contribution in [-0.2, 0) is 41.2 Å². The molecule has 3 aliphatic heterocycles. The van der Waals surface area contributed by atoms with Gasteiger partial charge in [-0.1, -0.05) is 27.7 Å². The molecule has 0 spiro atoms. The Morgan fingerprint density at radius 1 is 0.945 bits per heavy atom. The number of nitrogens with one attached hydrogen (secondary N) is 1. The summed E-state index contributed by atoms with van der Waals surface area (Å²) in [6, 6.07) is 18.1. The Kier molecular flexibility index (Phi) is 13.7. The van der Waals surface area contributed by atoms with E-state index in [-0.39, 0.29) is 47.5 Å². The van der Waals surface area contributed by atoms with Crippen molar-refractivity contribution in [2.45, 2.75) is 97.9 Å². The molecule has 73 heavy (non-hydrogen) atoms. The number of ether oxygens (including phenoxy) is 2. The van der Waals surface area contributed by atoms with Crippen molar-refractivity contribution >= 4 is 46.5 Å². The summed E-state index contributed by atoms with van der Waals surface area (Å²) in [7, 11) is 0. The Morgan fingerprint density at radius 3 is 2.44 bits per heavy atom. The number of piperidine rings is 1. The number of aliphatic hydroxyl groups is 1. The smallest absolute Gasteiger partial charge is 0.415 e. The van der Waals surface area contributed by atoms with E-state index in [1.54, 1.807) is 46.7 Å². The number of aromatic hydroxyl groups is 2. The van der Waals surface area contributed by atoms with Crippen LogP contribution in [0.15, 0.2) is 76.4 Å². The fourth-order valence-electron chi connectivity index (χ4n) is 10.7. The number of amides is 1. The van der Waals surface area contributed by atoms with Crippen LogP contribution in [0.1, 0.15) is 94.0 Å². The van der Waals surface area contributed by atoms with Crippen molar-refractivity contribution in [3.63, 3.8) is 0 Å². The largest absolute Gasteiger partial charge is 0.508 e. The number of phenols is 2. The van der Waals surface area contributed by atoms with Crippen molar-refractivity contribution in [3.05, 3.63) is 116 Å². The number of phenolic OH excluding ortho intramolecular Hbond substituents is 2. The third-order valence-corrected chi connectivity index (χ3v) is 16.2. The second-order valence-electron chi connectivity index (χ2n) is 19.8. The lowest BCUT2D eigenvalue weighted by Gasteiger charge is -2.38. The second-order valence-corrected chi connectivity index (χ2v) is 21.0. The van der Waals surface area contributed by atoms with Crippen LogP contribution in [0, 0.1) is 5.92 Å². The molecule has 0 saturated carbocycles. The van der Waals surface area contributed by atoms with Crippen molar-refractivity contribution in [2.75, 3.05) is 39.3 Å². The zero-order valence-corrected chi connectivity index (χ0v) is 42.6. The quantitative estimate of drug-likeness (QED) is 0.0570. The van der Waals surface area contributed by atoms with Gasteiger partial charge >= 0.3 is 11.8 Å². The number of benzene rings is 3. The third kappa shape index (κ3) is 9.50. The molecule has 4 N–H and O–H groups in total. The van der Waals surface area contributed by atoms with E-state index in [0.29, 0.717) is 96.4 Å². The first-order valence-corrected chi connectivity index (χ1v) is 25.9. The van der Waals surface area contributed by atoms with E-state index in [0.717, 1.165) is 66.3 Å². The van der Waals surface area contributed by atoms with Crippen molar-refractivity contribution < 1.29 is 34.4 Å². The number of aromatic nitrogens is 6. The highest BCUT2D eigenvalue weighted by molar-refractivity contribution is 7.94.